The molecule has 0 atom stereocenters. The molecule has 3 heterocycles. The number of nitrogens with two attached hydrogens (primary N) is 1. The molecule has 0 bridgehead atoms. The Hall–Kier alpha value is -4.92. The minimum atomic E-state index is -0.736. The molecule has 9 heteroatoms. The maximum absolute atomic E-state index is 12.6. The van der Waals surface area contributed by atoms with Crippen LogP contribution in [0.2, 0.25) is 0 Å². The molecule has 0 radical (unpaired) electrons. The number of H-pyrrole nitrogens is 1. The fourth-order valence-electron chi connectivity index (χ4n) is 3.60. The van der Waals surface area contributed by atoms with Crippen molar-refractivity contribution < 1.29 is 14.0 Å². The fourth-order valence-corrected chi connectivity index (χ4v) is 3.60. The zero-order chi connectivity index (χ0) is 23.7. The van der Waals surface area contributed by atoms with Crippen LogP contribution in [0.3, 0.4) is 0 Å². The molecule has 9 nitrogen and oxygen atoms in total. The van der Waals surface area contributed by atoms with Gasteiger partial charge in [-0.2, -0.15) is 10.2 Å². The van der Waals surface area contributed by atoms with Gasteiger partial charge in [0.15, 0.2) is 11.5 Å². The highest BCUT2D eigenvalue weighted by Crippen LogP contribution is 2.30. The molecule has 34 heavy (non-hydrogen) atoms. The molecule has 3 aromatic heterocycles. The van der Waals surface area contributed by atoms with Gasteiger partial charge < -0.3 is 15.5 Å². The summed E-state index contributed by atoms with van der Waals surface area (Å²) in [6.07, 6.45) is 4.82. The predicted molar refractivity (Wildman–Crippen MR) is 128 cm³/mol. The second-order valence-corrected chi connectivity index (χ2v) is 7.62. The first kappa shape index (κ1) is 21.0. The molecule has 2 aromatic carbocycles. The van der Waals surface area contributed by atoms with Gasteiger partial charge in [0.05, 0.1) is 17.1 Å². The molecule has 0 aliphatic heterocycles. The summed E-state index contributed by atoms with van der Waals surface area (Å²) in [5.41, 5.74) is 8.95. The number of nitrogens with zero attached hydrogens (tertiary/aromatic N) is 3. The molecule has 4 N–H and O–H groups in total. The van der Waals surface area contributed by atoms with E-state index in [-0.39, 0.29) is 11.4 Å². The third-order valence-electron chi connectivity index (χ3n) is 5.27. The Morgan fingerprint density at radius 1 is 1.12 bits per heavy atom. The Labute approximate surface area is 193 Å². The first-order valence-corrected chi connectivity index (χ1v) is 10.5. The number of amides is 2. The van der Waals surface area contributed by atoms with E-state index in [9.17, 15) is 9.59 Å². The van der Waals surface area contributed by atoms with Crippen molar-refractivity contribution in [2.24, 2.45) is 5.73 Å². The lowest BCUT2D eigenvalue weighted by Gasteiger charge is -2.02. The predicted octanol–water partition coefficient (Wildman–Crippen LogP) is 4.07. The van der Waals surface area contributed by atoms with Gasteiger partial charge in [-0.15, -0.1) is 0 Å². The van der Waals surface area contributed by atoms with E-state index in [1.807, 2.05) is 66.9 Å². The minimum Gasteiger partial charge on any atom is -0.454 e. The summed E-state index contributed by atoms with van der Waals surface area (Å²) >= 11 is 0. The highest BCUT2D eigenvalue weighted by Gasteiger charge is 2.18. The minimum absolute atomic E-state index is 0.0286. The number of hydrogen-bond acceptors (Lipinski definition) is 5. The van der Waals surface area contributed by atoms with E-state index >= 15 is 0 Å². The molecule has 0 saturated carbocycles. The van der Waals surface area contributed by atoms with Gasteiger partial charge in [0.1, 0.15) is 11.3 Å². The van der Waals surface area contributed by atoms with E-state index in [0.717, 1.165) is 16.7 Å². The van der Waals surface area contributed by atoms with Crippen molar-refractivity contribution in [3.8, 4) is 17.1 Å². The number of aromatic nitrogens is 4. The molecule has 0 aliphatic rings. The Morgan fingerprint density at radius 2 is 1.88 bits per heavy atom. The average Bonchev–Trinajstić information content (AvgIpc) is 3.55. The van der Waals surface area contributed by atoms with Crippen molar-refractivity contribution in [3.05, 3.63) is 89.9 Å². The molecule has 5 rings (SSSR count). The van der Waals surface area contributed by atoms with Crippen LogP contribution in [0.5, 0.6) is 0 Å². The molecular weight excluding hydrogens is 432 g/mol. The Bertz CT molecular complexity index is 1510. The lowest BCUT2D eigenvalue weighted by Crippen LogP contribution is -2.16. The number of carbonyl (C=O) groups excluding carboxylic acids is 2. The second-order valence-electron chi connectivity index (χ2n) is 7.62. The standard InChI is InChI=1S/C25H20N6O3/c1-15-22(24(25(26)33)29-28-15)27-21(32)12-11-17-14-31(18-8-3-2-4-9-18)30-23(17)20-13-16-7-5-6-10-19(16)34-20/h2-14H,1H3,(H2,26,33)(H,27,32)(H,28,29). The summed E-state index contributed by atoms with van der Waals surface area (Å²) < 4.78 is 7.75. The molecule has 5 aromatic rings. The van der Waals surface area contributed by atoms with Crippen LogP contribution in [0.1, 0.15) is 21.7 Å². The van der Waals surface area contributed by atoms with Crippen LogP contribution >= 0.6 is 0 Å². The van der Waals surface area contributed by atoms with Crippen LogP contribution in [0.4, 0.5) is 5.69 Å². The third kappa shape index (κ3) is 3.97. The molecule has 0 aliphatic carbocycles. The first-order valence-electron chi connectivity index (χ1n) is 10.5. The average molecular weight is 452 g/mol. The number of fused-ring (bicyclic) bond motifs is 1. The largest absolute Gasteiger partial charge is 0.454 e. The lowest BCUT2D eigenvalue weighted by atomic mass is 10.1. The van der Waals surface area contributed by atoms with E-state index in [1.54, 1.807) is 17.7 Å². The lowest BCUT2D eigenvalue weighted by molar-refractivity contribution is -0.111. The number of aryl methyl sites for hydroxylation is 1. The number of para-hydroxylation sites is 2. The number of hydrogen-bond donors (Lipinski definition) is 3. The molecule has 2 amide bonds. The summed E-state index contributed by atoms with van der Waals surface area (Å²) in [5, 5.41) is 14.8. The van der Waals surface area contributed by atoms with Crippen molar-refractivity contribution in [2.75, 3.05) is 5.32 Å². The smallest absolute Gasteiger partial charge is 0.271 e. The number of carbonyl (C=O) groups is 2. The normalized spacial score (nSPS) is 11.3. The van der Waals surface area contributed by atoms with Crippen LogP contribution in [0.15, 0.2) is 77.4 Å². The summed E-state index contributed by atoms with van der Waals surface area (Å²) in [4.78, 5) is 24.2. The summed E-state index contributed by atoms with van der Waals surface area (Å²) in [6.45, 7) is 1.68. The van der Waals surface area contributed by atoms with Gasteiger partial charge >= 0.3 is 0 Å². The highest BCUT2D eigenvalue weighted by atomic mass is 16.3. The number of aromatic amines is 1. The third-order valence-corrected chi connectivity index (χ3v) is 5.27. The Balaban J connectivity index is 1.50. The molecular formula is C25H20N6O3. The number of furan rings is 1. The van der Waals surface area contributed by atoms with Crippen LogP contribution in [0.25, 0.3) is 34.2 Å². The van der Waals surface area contributed by atoms with Gasteiger partial charge in [-0.25, -0.2) is 4.68 Å². The van der Waals surface area contributed by atoms with Crippen molar-refractivity contribution in [3.63, 3.8) is 0 Å². The van der Waals surface area contributed by atoms with E-state index < -0.39 is 11.8 Å². The van der Waals surface area contributed by atoms with Gasteiger partial charge in [-0.1, -0.05) is 36.4 Å². The molecule has 168 valence electrons. The topological polar surface area (TPSA) is 132 Å². The SMILES string of the molecule is Cc1[nH]nc(C(N)=O)c1NC(=O)C=Cc1cn(-c2ccccc2)nc1-c1cc2ccccc2o1. The van der Waals surface area contributed by atoms with Crippen LogP contribution < -0.4 is 11.1 Å². The summed E-state index contributed by atoms with van der Waals surface area (Å²) in [7, 11) is 0. The Kier molecular flexibility index (Phi) is 5.27. The van der Waals surface area contributed by atoms with Gasteiger partial charge in [0.2, 0.25) is 5.91 Å². The van der Waals surface area contributed by atoms with E-state index in [4.69, 9.17) is 15.2 Å². The fraction of sp³-hybridized carbons (Fsp3) is 0.0400. The van der Waals surface area contributed by atoms with Crippen LogP contribution in [-0.2, 0) is 4.79 Å². The van der Waals surface area contributed by atoms with Crippen LogP contribution in [0, 0.1) is 6.92 Å². The second kappa shape index (κ2) is 8.55. The van der Waals surface area contributed by atoms with E-state index in [2.05, 4.69) is 15.5 Å². The summed E-state index contributed by atoms with van der Waals surface area (Å²) in [5.74, 6) is -0.604. The monoisotopic (exact) mass is 452 g/mol. The van der Waals surface area contributed by atoms with Gasteiger partial charge in [0.25, 0.3) is 5.91 Å². The quantitative estimate of drug-likeness (QED) is 0.334. The first-order chi connectivity index (χ1) is 16.5. The van der Waals surface area contributed by atoms with Crippen molar-refractivity contribution in [1.29, 1.82) is 0 Å². The molecule has 0 spiro atoms. The van der Waals surface area contributed by atoms with Crippen molar-refractivity contribution in [1.82, 2.24) is 20.0 Å². The number of benzene rings is 2. The van der Waals surface area contributed by atoms with Crippen molar-refractivity contribution >= 4 is 34.5 Å². The van der Waals surface area contributed by atoms with E-state index in [1.165, 1.54) is 6.08 Å². The summed E-state index contributed by atoms with van der Waals surface area (Å²) in [6, 6.07) is 19.2. The van der Waals surface area contributed by atoms with Crippen LogP contribution in [-0.4, -0.2) is 31.8 Å². The van der Waals surface area contributed by atoms with Gasteiger partial charge in [-0.05, 0) is 37.3 Å². The maximum atomic E-state index is 12.6. The highest BCUT2D eigenvalue weighted by molar-refractivity contribution is 6.07. The van der Waals surface area contributed by atoms with Gasteiger partial charge in [0, 0.05) is 23.2 Å². The number of primary amides is 1. The Morgan fingerprint density at radius 3 is 2.65 bits per heavy atom. The van der Waals surface area contributed by atoms with Gasteiger partial charge in [-0.3, -0.25) is 14.7 Å². The number of anilines is 1. The van der Waals surface area contributed by atoms with E-state index in [0.29, 0.717) is 22.7 Å². The zero-order valence-electron chi connectivity index (χ0n) is 18.1. The number of rotatable bonds is 6. The number of nitrogens with one attached hydrogen (secondary N) is 2. The zero-order valence-corrected chi connectivity index (χ0v) is 18.1. The molecule has 0 fully saturated rings. The molecule has 0 saturated heterocycles. The maximum Gasteiger partial charge on any atom is 0.271 e. The molecule has 0 unspecified atom stereocenters. The van der Waals surface area contributed by atoms with Crippen molar-refractivity contribution in [2.45, 2.75) is 6.92 Å².